The number of aliphatic hydroxyl groups is 1. The van der Waals surface area contributed by atoms with Gasteiger partial charge in [0.1, 0.15) is 0 Å². The van der Waals surface area contributed by atoms with Gasteiger partial charge in [-0.05, 0) is 30.5 Å². The standard InChI is InChI=1S/C16H23FN2O4/c1-19(9-11-3-6-15(22-2)14(17)7-11)16(21)18-8-12-4-5-13(10-20)23-12/h3,6-7,12-13,20H,4-5,8-10H2,1-2H3,(H,18,21)/t12-,13+/m1/s1. The Morgan fingerprint density at radius 3 is 2.83 bits per heavy atom. The second kappa shape index (κ2) is 8.12. The highest BCUT2D eigenvalue weighted by Crippen LogP contribution is 2.19. The Morgan fingerprint density at radius 1 is 1.48 bits per heavy atom. The fourth-order valence-electron chi connectivity index (χ4n) is 2.55. The highest BCUT2D eigenvalue weighted by atomic mass is 19.1. The minimum atomic E-state index is -0.451. The number of benzene rings is 1. The van der Waals surface area contributed by atoms with Gasteiger partial charge in [0.05, 0.1) is 25.9 Å². The maximum atomic E-state index is 13.6. The lowest BCUT2D eigenvalue weighted by Crippen LogP contribution is -2.40. The van der Waals surface area contributed by atoms with Gasteiger partial charge < -0.3 is 24.8 Å². The lowest BCUT2D eigenvalue weighted by molar-refractivity contribution is 0.0130. The third-order valence-electron chi connectivity index (χ3n) is 3.86. The Morgan fingerprint density at radius 2 is 2.22 bits per heavy atom. The molecule has 6 nitrogen and oxygen atoms in total. The first kappa shape index (κ1) is 17.5. The van der Waals surface area contributed by atoms with Gasteiger partial charge in [0.2, 0.25) is 0 Å². The van der Waals surface area contributed by atoms with Crippen molar-refractivity contribution in [2.45, 2.75) is 31.6 Å². The molecule has 1 heterocycles. The highest BCUT2D eigenvalue weighted by molar-refractivity contribution is 5.73. The number of urea groups is 1. The van der Waals surface area contributed by atoms with Crippen LogP contribution in [0.25, 0.3) is 0 Å². The smallest absolute Gasteiger partial charge is 0.317 e. The van der Waals surface area contributed by atoms with Gasteiger partial charge in [-0.2, -0.15) is 0 Å². The van der Waals surface area contributed by atoms with Gasteiger partial charge in [-0.1, -0.05) is 6.07 Å². The Bertz CT molecular complexity index is 541. The number of amides is 2. The van der Waals surface area contributed by atoms with Gasteiger partial charge in [0, 0.05) is 20.1 Å². The first-order chi connectivity index (χ1) is 11.0. The first-order valence-corrected chi connectivity index (χ1v) is 7.61. The molecule has 1 aliphatic heterocycles. The predicted octanol–water partition coefficient (Wildman–Crippen LogP) is 1.52. The average Bonchev–Trinajstić information content (AvgIpc) is 3.00. The van der Waals surface area contributed by atoms with Gasteiger partial charge in [-0.25, -0.2) is 9.18 Å². The van der Waals surface area contributed by atoms with Crippen molar-refractivity contribution in [3.63, 3.8) is 0 Å². The van der Waals surface area contributed by atoms with E-state index >= 15 is 0 Å². The summed E-state index contributed by atoms with van der Waals surface area (Å²) in [6.07, 6.45) is 1.43. The molecule has 0 unspecified atom stereocenters. The van der Waals surface area contributed by atoms with Crippen molar-refractivity contribution in [1.29, 1.82) is 0 Å². The minimum absolute atomic E-state index is 0.00732. The molecular formula is C16H23FN2O4. The van der Waals surface area contributed by atoms with Crippen LogP contribution in [0.2, 0.25) is 0 Å². The number of hydrogen-bond donors (Lipinski definition) is 2. The van der Waals surface area contributed by atoms with Gasteiger partial charge in [0.25, 0.3) is 0 Å². The molecule has 2 rings (SSSR count). The van der Waals surface area contributed by atoms with E-state index in [0.717, 1.165) is 12.8 Å². The summed E-state index contributed by atoms with van der Waals surface area (Å²) < 4.78 is 24.1. The van der Waals surface area contributed by atoms with E-state index in [0.29, 0.717) is 12.1 Å². The fourth-order valence-corrected chi connectivity index (χ4v) is 2.55. The second-order valence-corrected chi connectivity index (χ2v) is 5.65. The van der Waals surface area contributed by atoms with E-state index in [1.54, 1.807) is 13.1 Å². The topological polar surface area (TPSA) is 71.0 Å². The first-order valence-electron chi connectivity index (χ1n) is 7.61. The van der Waals surface area contributed by atoms with E-state index in [1.165, 1.54) is 24.1 Å². The molecule has 1 aromatic rings. The molecule has 0 spiro atoms. The maximum Gasteiger partial charge on any atom is 0.317 e. The molecule has 0 aromatic heterocycles. The zero-order chi connectivity index (χ0) is 16.8. The zero-order valence-corrected chi connectivity index (χ0v) is 13.4. The number of halogens is 1. The maximum absolute atomic E-state index is 13.6. The molecule has 1 aromatic carbocycles. The molecule has 2 amide bonds. The number of carbonyl (C=O) groups is 1. The second-order valence-electron chi connectivity index (χ2n) is 5.65. The number of methoxy groups -OCH3 is 1. The molecular weight excluding hydrogens is 303 g/mol. The lowest BCUT2D eigenvalue weighted by atomic mass is 10.2. The van der Waals surface area contributed by atoms with Crippen LogP contribution >= 0.6 is 0 Å². The number of carbonyl (C=O) groups excluding carboxylic acids is 1. The number of ether oxygens (including phenoxy) is 2. The van der Waals surface area contributed by atoms with Gasteiger partial charge in [-0.3, -0.25) is 0 Å². The fraction of sp³-hybridized carbons (Fsp3) is 0.562. The molecule has 0 radical (unpaired) electrons. The number of nitrogens with zero attached hydrogens (tertiary/aromatic N) is 1. The molecule has 0 bridgehead atoms. The van der Waals surface area contributed by atoms with Crippen molar-refractivity contribution in [2.24, 2.45) is 0 Å². The Hall–Kier alpha value is -1.86. The summed E-state index contributed by atoms with van der Waals surface area (Å²) in [5, 5.41) is 11.8. The van der Waals surface area contributed by atoms with Crippen LogP contribution in [-0.4, -0.2) is 55.6 Å². The van der Waals surface area contributed by atoms with Crippen LogP contribution in [0, 0.1) is 5.82 Å². The van der Waals surface area contributed by atoms with E-state index in [9.17, 15) is 9.18 Å². The molecule has 0 aliphatic carbocycles. The van der Waals surface area contributed by atoms with Crippen LogP contribution in [0.1, 0.15) is 18.4 Å². The molecule has 1 fully saturated rings. The molecule has 128 valence electrons. The molecule has 1 saturated heterocycles. The number of rotatable bonds is 6. The molecule has 2 atom stereocenters. The van der Waals surface area contributed by atoms with E-state index in [1.807, 2.05) is 0 Å². The summed E-state index contributed by atoms with van der Waals surface area (Å²) in [5.74, 6) is -0.272. The Labute approximate surface area is 135 Å². The zero-order valence-electron chi connectivity index (χ0n) is 13.4. The van der Waals surface area contributed by atoms with Crippen LogP contribution < -0.4 is 10.1 Å². The van der Waals surface area contributed by atoms with E-state index in [4.69, 9.17) is 14.6 Å². The van der Waals surface area contributed by atoms with Crippen LogP contribution in [0.3, 0.4) is 0 Å². The molecule has 2 N–H and O–H groups in total. The summed E-state index contributed by atoms with van der Waals surface area (Å²) in [4.78, 5) is 13.5. The average molecular weight is 326 g/mol. The van der Waals surface area contributed by atoms with Gasteiger partial charge >= 0.3 is 6.03 Å². The van der Waals surface area contributed by atoms with Crippen molar-refractivity contribution >= 4 is 6.03 Å². The summed E-state index contributed by atoms with van der Waals surface area (Å²) in [7, 11) is 3.05. The van der Waals surface area contributed by atoms with E-state index < -0.39 is 5.82 Å². The minimum Gasteiger partial charge on any atom is -0.494 e. The summed E-state index contributed by atoms with van der Waals surface area (Å²) in [5.41, 5.74) is 0.679. The monoisotopic (exact) mass is 326 g/mol. The SMILES string of the molecule is COc1ccc(CN(C)C(=O)NC[C@H]2CC[C@@H](CO)O2)cc1F. The number of nitrogens with one attached hydrogen (secondary N) is 1. The van der Waals surface area contributed by atoms with Crippen LogP contribution in [-0.2, 0) is 11.3 Å². The van der Waals surface area contributed by atoms with Crippen LogP contribution in [0.4, 0.5) is 9.18 Å². The van der Waals surface area contributed by atoms with Crippen LogP contribution in [0.15, 0.2) is 18.2 Å². The summed E-state index contributed by atoms with van der Waals surface area (Å²) >= 11 is 0. The molecule has 7 heteroatoms. The quantitative estimate of drug-likeness (QED) is 0.831. The van der Waals surface area contributed by atoms with Crippen molar-refractivity contribution in [1.82, 2.24) is 10.2 Å². The van der Waals surface area contributed by atoms with Crippen molar-refractivity contribution in [3.05, 3.63) is 29.6 Å². The highest BCUT2D eigenvalue weighted by Gasteiger charge is 2.25. The van der Waals surface area contributed by atoms with E-state index in [2.05, 4.69) is 5.32 Å². The van der Waals surface area contributed by atoms with Crippen molar-refractivity contribution in [3.8, 4) is 5.75 Å². The Kier molecular flexibility index (Phi) is 6.18. The molecule has 1 aliphatic rings. The van der Waals surface area contributed by atoms with Crippen molar-refractivity contribution < 1.29 is 23.8 Å². The van der Waals surface area contributed by atoms with Gasteiger partial charge in [0.15, 0.2) is 11.6 Å². The lowest BCUT2D eigenvalue weighted by Gasteiger charge is -2.20. The third-order valence-corrected chi connectivity index (χ3v) is 3.86. The number of hydrogen-bond acceptors (Lipinski definition) is 4. The number of aliphatic hydroxyl groups excluding tert-OH is 1. The van der Waals surface area contributed by atoms with Gasteiger partial charge in [-0.15, -0.1) is 0 Å². The van der Waals surface area contributed by atoms with E-state index in [-0.39, 0.29) is 37.1 Å². The molecule has 0 saturated carbocycles. The normalized spacial score (nSPS) is 20.3. The predicted molar refractivity (Wildman–Crippen MR) is 82.8 cm³/mol. The molecule has 23 heavy (non-hydrogen) atoms. The summed E-state index contributed by atoms with van der Waals surface area (Å²) in [6.45, 7) is 0.696. The Balaban J connectivity index is 1.79. The largest absolute Gasteiger partial charge is 0.494 e. The summed E-state index contributed by atoms with van der Waals surface area (Å²) in [6, 6.07) is 4.36. The van der Waals surface area contributed by atoms with Crippen LogP contribution in [0.5, 0.6) is 5.75 Å². The third kappa shape index (κ3) is 4.80. The van der Waals surface area contributed by atoms with Crippen molar-refractivity contribution in [2.75, 3.05) is 27.3 Å².